The summed E-state index contributed by atoms with van der Waals surface area (Å²) < 4.78 is 0. The average molecular weight is 229 g/mol. The molecule has 0 radical (unpaired) electrons. The molecule has 0 aliphatic rings. The van der Waals surface area contributed by atoms with Crippen LogP contribution in [0.25, 0.3) is 0 Å². The number of allylic oxidation sites excluding steroid dienone is 1. The molecule has 1 aromatic rings. The molecule has 0 amide bonds. The summed E-state index contributed by atoms with van der Waals surface area (Å²) in [5, 5.41) is 17.7. The van der Waals surface area contributed by atoms with E-state index < -0.39 is 5.41 Å². The number of aliphatic hydroxyl groups excluding tert-OH is 1. The molecule has 1 N–H and O–H groups in total. The maximum atomic E-state index is 11.8. The predicted molar refractivity (Wildman–Crippen MR) is 65.5 cm³/mol. The van der Waals surface area contributed by atoms with Crippen LogP contribution in [-0.4, -0.2) is 17.5 Å². The zero-order chi connectivity index (χ0) is 12.9. The number of carbonyl (C=O) groups excluding carboxylic acids is 1. The number of rotatable bonds is 4. The monoisotopic (exact) mass is 229 g/mol. The number of aliphatic hydroxyl groups is 1. The molecule has 0 saturated heterocycles. The molecule has 1 rings (SSSR count). The average Bonchev–Trinajstić information content (AvgIpc) is 2.36. The van der Waals surface area contributed by atoms with Gasteiger partial charge in [-0.3, -0.25) is 4.79 Å². The molecule has 0 unspecified atom stereocenters. The molecule has 0 spiro atoms. The highest BCUT2D eigenvalue weighted by Crippen LogP contribution is 2.16. The van der Waals surface area contributed by atoms with Gasteiger partial charge < -0.3 is 5.11 Å². The van der Waals surface area contributed by atoms with Crippen LogP contribution in [0.15, 0.2) is 36.4 Å². The normalized spacial score (nSPS) is 11.4. The Morgan fingerprint density at radius 3 is 2.47 bits per heavy atom. The fourth-order valence-corrected chi connectivity index (χ4v) is 1.16. The van der Waals surface area contributed by atoms with E-state index >= 15 is 0 Å². The van der Waals surface area contributed by atoms with Crippen LogP contribution >= 0.6 is 0 Å². The summed E-state index contributed by atoms with van der Waals surface area (Å²) in [6, 6.07) is 8.46. The van der Waals surface area contributed by atoms with E-state index in [0.717, 1.165) is 0 Å². The van der Waals surface area contributed by atoms with Crippen molar-refractivity contribution in [3.8, 4) is 6.07 Å². The molecule has 0 heterocycles. The minimum atomic E-state index is -0.401. The van der Waals surface area contributed by atoms with Gasteiger partial charge in [0.2, 0.25) is 0 Å². The van der Waals surface area contributed by atoms with Crippen LogP contribution in [0.2, 0.25) is 0 Å². The summed E-state index contributed by atoms with van der Waals surface area (Å²) >= 11 is 0. The molecule has 0 aromatic heterocycles. The maximum absolute atomic E-state index is 11.8. The van der Waals surface area contributed by atoms with Gasteiger partial charge in [-0.05, 0) is 30.3 Å². The fourth-order valence-electron chi connectivity index (χ4n) is 1.16. The standard InChI is InChI=1S/C14H15NO2/c1-14(2,10-16)8-7-13(17)12-5-3-11(9-15)4-6-12/h3-8,16H,10H2,1-2H3. The van der Waals surface area contributed by atoms with Crippen molar-refractivity contribution in [2.24, 2.45) is 5.41 Å². The molecule has 17 heavy (non-hydrogen) atoms. The SMILES string of the molecule is CC(C)(C=CC(=O)c1ccc(C#N)cc1)CO. The third-order valence-corrected chi connectivity index (χ3v) is 2.39. The molecular formula is C14H15NO2. The van der Waals surface area contributed by atoms with E-state index in [2.05, 4.69) is 0 Å². The van der Waals surface area contributed by atoms with E-state index in [4.69, 9.17) is 10.4 Å². The van der Waals surface area contributed by atoms with Crippen LogP contribution in [0.4, 0.5) is 0 Å². The third kappa shape index (κ3) is 3.86. The Hall–Kier alpha value is -1.92. The van der Waals surface area contributed by atoms with Gasteiger partial charge in [-0.1, -0.05) is 19.9 Å². The number of nitrogens with zero attached hydrogens (tertiary/aromatic N) is 1. The molecule has 0 aliphatic heterocycles. The van der Waals surface area contributed by atoms with Crippen LogP contribution in [0.5, 0.6) is 0 Å². The fraction of sp³-hybridized carbons (Fsp3) is 0.286. The largest absolute Gasteiger partial charge is 0.395 e. The number of nitriles is 1. The topological polar surface area (TPSA) is 61.1 Å². The summed E-state index contributed by atoms with van der Waals surface area (Å²) in [4.78, 5) is 11.8. The summed E-state index contributed by atoms with van der Waals surface area (Å²) in [6.45, 7) is 3.68. The van der Waals surface area contributed by atoms with Gasteiger partial charge in [0.15, 0.2) is 5.78 Å². The van der Waals surface area contributed by atoms with Crippen molar-refractivity contribution in [2.75, 3.05) is 6.61 Å². The molecular weight excluding hydrogens is 214 g/mol. The number of hydrogen-bond donors (Lipinski definition) is 1. The Morgan fingerprint density at radius 2 is 2.00 bits per heavy atom. The Bertz CT molecular complexity index is 464. The molecule has 3 nitrogen and oxygen atoms in total. The molecule has 88 valence electrons. The lowest BCUT2D eigenvalue weighted by atomic mass is 9.93. The van der Waals surface area contributed by atoms with Crippen LogP contribution < -0.4 is 0 Å². The molecule has 3 heteroatoms. The van der Waals surface area contributed by atoms with E-state index in [1.54, 1.807) is 30.3 Å². The van der Waals surface area contributed by atoms with Gasteiger partial charge in [0.1, 0.15) is 0 Å². The number of benzene rings is 1. The highest BCUT2D eigenvalue weighted by atomic mass is 16.3. The zero-order valence-electron chi connectivity index (χ0n) is 9.97. The Balaban J connectivity index is 2.81. The predicted octanol–water partition coefficient (Wildman–Crippen LogP) is 2.32. The van der Waals surface area contributed by atoms with Crippen molar-refractivity contribution < 1.29 is 9.90 Å². The molecule has 0 fully saturated rings. The highest BCUT2D eigenvalue weighted by Gasteiger charge is 2.12. The van der Waals surface area contributed by atoms with Crippen molar-refractivity contribution >= 4 is 5.78 Å². The van der Waals surface area contributed by atoms with Gasteiger partial charge in [-0.2, -0.15) is 5.26 Å². The van der Waals surface area contributed by atoms with Crippen molar-refractivity contribution in [2.45, 2.75) is 13.8 Å². The molecule has 0 saturated carbocycles. The van der Waals surface area contributed by atoms with Crippen LogP contribution in [0.1, 0.15) is 29.8 Å². The van der Waals surface area contributed by atoms with E-state index in [0.29, 0.717) is 11.1 Å². The second-order valence-electron chi connectivity index (χ2n) is 4.53. The van der Waals surface area contributed by atoms with E-state index in [-0.39, 0.29) is 12.4 Å². The first-order chi connectivity index (χ1) is 7.98. The van der Waals surface area contributed by atoms with Crippen molar-refractivity contribution in [1.82, 2.24) is 0 Å². The van der Waals surface area contributed by atoms with Gasteiger partial charge in [0.25, 0.3) is 0 Å². The first-order valence-electron chi connectivity index (χ1n) is 5.33. The quantitative estimate of drug-likeness (QED) is 0.636. The highest BCUT2D eigenvalue weighted by molar-refractivity contribution is 6.04. The van der Waals surface area contributed by atoms with Gasteiger partial charge >= 0.3 is 0 Å². The van der Waals surface area contributed by atoms with Gasteiger partial charge in [-0.15, -0.1) is 0 Å². The Morgan fingerprint density at radius 1 is 1.41 bits per heavy atom. The lowest BCUT2D eigenvalue weighted by Crippen LogP contribution is -2.13. The lowest BCUT2D eigenvalue weighted by molar-refractivity contribution is 0.104. The van der Waals surface area contributed by atoms with Gasteiger partial charge in [-0.25, -0.2) is 0 Å². The summed E-state index contributed by atoms with van der Waals surface area (Å²) in [7, 11) is 0. The number of hydrogen-bond acceptors (Lipinski definition) is 3. The number of carbonyl (C=O) groups is 1. The van der Waals surface area contributed by atoms with E-state index in [9.17, 15) is 4.79 Å². The van der Waals surface area contributed by atoms with Crippen LogP contribution in [0.3, 0.4) is 0 Å². The molecule has 1 aromatic carbocycles. The summed E-state index contributed by atoms with van der Waals surface area (Å²) in [5.41, 5.74) is 0.664. The van der Waals surface area contributed by atoms with E-state index in [1.165, 1.54) is 6.08 Å². The second kappa shape index (κ2) is 5.42. The molecule has 0 atom stereocenters. The van der Waals surface area contributed by atoms with Crippen LogP contribution in [-0.2, 0) is 0 Å². The minimum Gasteiger partial charge on any atom is -0.395 e. The first-order valence-corrected chi connectivity index (χ1v) is 5.33. The minimum absolute atomic E-state index is 0.00977. The number of ketones is 1. The van der Waals surface area contributed by atoms with Crippen molar-refractivity contribution in [1.29, 1.82) is 5.26 Å². The zero-order valence-corrected chi connectivity index (χ0v) is 9.97. The van der Waals surface area contributed by atoms with Crippen molar-refractivity contribution in [3.63, 3.8) is 0 Å². The lowest BCUT2D eigenvalue weighted by Gasteiger charge is -2.15. The summed E-state index contributed by atoms with van der Waals surface area (Å²) in [6.07, 6.45) is 3.14. The molecule has 0 aliphatic carbocycles. The van der Waals surface area contributed by atoms with Gasteiger partial charge in [0, 0.05) is 11.0 Å². The Labute approximate surface area is 101 Å². The maximum Gasteiger partial charge on any atom is 0.185 e. The Kier molecular flexibility index (Phi) is 4.19. The summed E-state index contributed by atoms with van der Waals surface area (Å²) in [5.74, 6) is -0.129. The van der Waals surface area contributed by atoms with Crippen LogP contribution in [0, 0.1) is 16.7 Å². The smallest absolute Gasteiger partial charge is 0.185 e. The first kappa shape index (κ1) is 13.1. The van der Waals surface area contributed by atoms with Gasteiger partial charge in [0.05, 0.1) is 18.2 Å². The van der Waals surface area contributed by atoms with Crippen molar-refractivity contribution in [3.05, 3.63) is 47.5 Å². The third-order valence-electron chi connectivity index (χ3n) is 2.39. The van der Waals surface area contributed by atoms with E-state index in [1.807, 2.05) is 19.9 Å². The molecule has 0 bridgehead atoms. The second-order valence-corrected chi connectivity index (χ2v) is 4.53.